The van der Waals surface area contributed by atoms with Crippen LogP contribution in [0.3, 0.4) is 0 Å². The first-order valence-electron chi connectivity index (χ1n) is 11.8. The van der Waals surface area contributed by atoms with E-state index in [1.807, 2.05) is 6.08 Å². The Bertz CT molecular complexity index is 905. The van der Waals surface area contributed by atoms with Crippen LogP contribution in [0.1, 0.15) is 64.0 Å². The third-order valence-electron chi connectivity index (χ3n) is 8.32. The number of carboxylic acids is 1. The van der Waals surface area contributed by atoms with Crippen molar-refractivity contribution < 1.29 is 9.90 Å². The molecule has 0 spiro atoms. The van der Waals surface area contributed by atoms with Gasteiger partial charge < -0.3 is 5.11 Å². The summed E-state index contributed by atoms with van der Waals surface area (Å²) in [4.78, 5) is 13.9. The molecule has 1 heterocycles. The second kappa shape index (κ2) is 7.37. The fourth-order valence-corrected chi connectivity index (χ4v) is 7.21. The van der Waals surface area contributed by atoms with Gasteiger partial charge in [0.25, 0.3) is 0 Å². The SMILES string of the molecule is CC(C)CN1C(C)CC2=C(CCc3ccccc32)C1[C@H]1CC2(/C=C/C(=O)O)CC1C2. The van der Waals surface area contributed by atoms with Crippen molar-refractivity contribution in [1.82, 2.24) is 4.90 Å². The standard InChI is InChI=1S/C27H35NO2/c1-17(2)16-28-18(3)12-23-21-7-5-4-6-19(21)8-9-22(23)26(28)24-15-27(11-10-25(29)30)13-20(24)14-27/h4-7,10-11,17-18,20,24,26H,8-9,12-16H2,1-3H3,(H,29,30)/b11-10+/t18?,20?,24-,26?,27?/m0/s1. The van der Waals surface area contributed by atoms with Crippen LogP contribution in [-0.2, 0) is 11.2 Å². The predicted molar refractivity (Wildman–Crippen MR) is 121 cm³/mol. The quantitative estimate of drug-likeness (QED) is 0.652. The minimum absolute atomic E-state index is 0.144. The molecule has 0 amide bonds. The highest BCUT2D eigenvalue weighted by Crippen LogP contribution is 2.65. The number of aliphatic carboxylic acids is 1. The van der Waals surface area contributed by atoms with E-state index < -0.39 is 5.97 Å². The lowest BCUT2D eigenvalue weighted by Crippen LogP contribution is -2.52. The Morgan fingerprint density at radius 3 is 2.73 bits per heavy atom. The molecule has 0 aromatic heterocycles. The summed E-state index contributed by atoms with van der Waals surface area (Å²) in [6.45, 7) is 8.27. The number of hydrogen-bond acceptors (Lipinski definition) is 2. The number of hydrogen-bond donors (Lipinski definition) is 1. The Hall–Kier alpha value is -1.87. The van der Waals surface area contributed by atoms with Crippen molar-refractivity contribution in [3.05, 3.63) is 53.1 Å². The van der Waals surface area contributed by atoms with Crippen molar-refractivity contribution in [3.63, 3.8) is 0 Å². The Morgan fingerprint density at radius 2 is 2.00 bits per heavy atom. The molecule has 2 unspecified atom stereocenters. The molecule has 3 nitrogen and oxygen atoms in total. The van der Waals surface area contributed by atoms with Crippen molar-refractivity contribution in [2.24, 2.45) is 23.2 Å². The molecule has 1 aromatic rings. The number of carboxylic acid groups (broad SMARTS) is 1. The fourth-order valence-electron chi connectivity index (χ4n) is 7.21. The van der Waals surface area contributed by atoms with Crippen molar-refractivity contribution in [3.8, 4) is 0 Å². The van der Waals surface area contributed by atoms with E-state index in [0.717, 1.165) is 31.7 Å². The van der Waals surface area contributed by atoms with Crippen LogP contribution in [0, 0.1) is 23.2 Å². The summed E-state index contributed by atoms with van der Waals surface area (Å²) >= 11 is 0. The number of carbonyl (C=O) groups is 1. The number of aryl methyl sites for hydroxylation is 1. The number of nitrogens with zero attached hydrogens (tertiary/aromatic N) is 1. The topological polar surface area (TPSA) is 40.5 Å². The number of benzene rings is 1. The van der Waals surface area contributed by atoms with E-state index in [2.05, 4.69) is 49.9 Å². The lowest BCUT2D eigenvalue weighted by Gasteiger charge is -2.49. The minimum Gasteiger partial charge on any atom is -0.478 e. The van der Waals surface area contributed by atoms with Gasteiger partial charge in [0.15, 0.2) is 0 Å². The van der Waals surface area contributed by atoms with Gasteiger partial charge in [-0.05, 0) is 90.9 Å². The Labute approximate surface area is 180 Å². The maximum absolute atomic E-state index is 11.1. The van der Waals surface area contributed by atoms with E-state index in [1.165, 1.54) is 36.5 Å². The zero-order chi connectivity index (χ0) is 21.0. The Morgan fingerprint density at radius 1 is 1.23 bits per heavy atom. The van der Waals surface area contributed by atoms with Gasteiger partial charge in [0, 0.05) is 24.7 Å². The molecule has 3 atom stereocenters. The summed E-state index contributed by atoms with van der Waals surface area (Å²) in [6.07, 6.45) is 10.5. The lowest BCUT2D eigenvalue weighted by atomic mass is 9.67. The summed E-state index contributed by atoms with van der Waals surface area (Å²) < 4.78 is 0. The maximum Gasteiger partial charge on any atom is 0.327 e. The lowest BCUT2D eigenvalue weighted by molar-refractivity contribution is -0.131. The van der Waals surface area contributed by atoms with Gasteiger partial charge in [-0.1, -0.05) is 44.2 Å². The first-order valence-corrected chi connectivity index (χ1v) is 11.8. The van der Waals surface area contributed by atoms with Crippen LogP contribution in [-0.4, -0.2) is 34.6 Å². The average molecular weight is 406 g/mol. The van der Waals surface area contributed by atoms with Crippen molar-refractivity contribution in [1.29, 1.82) is 0 Å². The molecule has 160 valence electrons. The van der Waals surface area contributed by atoms with Gasteiger partial charge in [0.05, 0.1) is 0 Å². The van der Waals surface area contributed by atoms with Crippen molar-refractivity contribution in [2.45, 2.75) is 71.4 Å². The molecule has 30 heavy (non-hydrogen) atoms. The van der Waals surface area contributed by atoms with Gasteiger partial charge in [0.2, 0.25) is 0 Å². The third-order valence-corrected chi connectivity index (χ3v) is 8.32. The normalized spacial score (nSPS) is 35.5. The predicted octanol–water partition coefficient (Wildman–Crippen LogP) is 5.56. The second-order valence-electron chi connectivity index (χ2n) is 10.8. The van der Waals surface area contributed by atoms with Crippen LogP contribution in [0.5, 0.6) is 0 Å². The fraction of sp³-hybridized carbons (Fsp3) is 0.593. The van der Waals surface area contributed by atoms with Crippen LogP contribution in [0.4, 0.5) is 0 Å². The highest BCUT2D eigenvalue weighted by Gasteiger charge is 2.58. The molecule has 2 bridgehead atoms. The summed E-state index contributed by atoms with van der Waals surface area (Å²) in [5.41, 5.74) is 6.52. The molecular weight excluding hydrogens is 370 g/mol. The average Bonchev–Trinajstić information content (AvgIpc) is 3.22. The van der Waals surface area contributed by atoms with Gasteiger partial charge in [0.1, 0.15) is 0 Å². The third kappa shape index (κ3) is 3.26. The highest BCUT2D eigenvalue weighted by molar-refractivity contribution is 5.80. The summed E-state index contributed by atoms with van der Waals surface area (Å²) in [7, 11) is 0. The molecule has 0 saturated heterocycles. The summed E-state index contributed by atoms with van der Waals surface area (Å²) in [5.74, 6) is 1.27. The first-order chi connectivity index (χ1) is 14.4. The summed E-state index contributed by atoms with van der Waals surface area (Å²) in [6, 6.07) is 10.1. The van der Waals surface area contributed by atoms with E-state index in [4.69, 9.17) is 5.11 Å². The maximum atomic E-state index is 11.1. The first kappa shape index (κ1) is 20.1. The van der Waals surface area contributed by atoms with E-state index in [0.29, 0.717) is 23.9 Å². The molecule has 0 radical (unpaired) electrons. The van der Waals surface area contributed by atoms with E-state index in [-0.39, 0.29) is 5.41 Å². The number of allylic oxidation sites excluding steroid dienone is 1. The van der Waals surface area contributed by atoms with Gasteiger partial charge in [-0.2, -0.15) is 0 Å². The number of rotatable bonds is 5. The van der Waals surface area contributed by atoms with Crippen molar-refractivity contribution in [2.75, 3.05) is 6.54 Å². The van der Waals surface area contributed by atoms with E-state index in [1.54, 1.807) is 11.1 Å². The highest BCUT2D eigenvalue weighted by atomic mass is 16.4. The van der Waals surface area contributed by atoms with Crippen molar-refractivity contribution >= 4 is 11.5 Å². The summed E-state index contributed by atoms with van der Waals surface area (Å²) in [5, 5.41) is 9.14. The molecule has 4 aliphatic carbocycles. The van der Waals surface area contributed by atoms with Crippen LogP contribution in [0.15, 0.2) is 42.0 Å². The molecule has 3 fully saturated rings. The zero-order valence-corrected chi connectivity index (χ0v) is 18.6. The van der Waals surface area contributed by atoms with Gasteiger partial charge in [-0.3, -0.25) is 4.90 Å². The Balaban J connectivity index is 1.53. The smallest absolute Gasteiger partial charge is 0.327 e. The zero-order valence-electron chi connectivity index (χ0n) is 18.6. The van der Waals surface area contributed by atoms with Crippen LogP contribution in [0.2, 0.25) is 0 Å². The van der Waals surface area contributed by atoms with Crippen LogP contribution < -0.4 is 0 Å². The van der Waals surface area contributed by atoms with Gasteiger partial charge in [-0.25, -0.2) is 4.79 Å². The largest absolute Gasteiger partial charge is 0.478 e. The van der Waals surface area contributed by atoms with Crippen LogP contribution >= 0.6 is 0 Å². The number of fused-ring (bicyclic) bond motifs is 3. The molecule has 3 saturated carbocycles. The second-order valence-corrected chi connectivity index (χ2v) is 10.8. The molecule has 1 N–H and O–H groups in total. The molecular formula is C27H35NO2. The van der Waals surface area contributed by atoms with Crippen LogP contribution in [0.25, 0.3) is 5.57 Å². The van der Waals surface area contributed by atoms with E-state index in [9.17, 15) is 4.79 Å². The van der Waals surface area contributed by atoms with E-state index >= 15 is 0 Å². The molecule has 3 heteroatoms. The Kier molecular flexibility index (Phi) is 4.93. The van der Waals surface area contributed by atoms with Gasteiger partial charge in [-0.15, -0.1) is 0 Å². The molecule has 1 aromatic carbocycles. The minimum atomic E-state index is -0.808. The monoisotopic (exact) mass is 405 g/mol. The molecule has 5 aliphatic rings. The molecule has 1 aliphatic heterocycles. The van der Waals surface area contributed by atoms with Gasteiger partial charge >= 0.3 is 5.97 Å². The molecule has 6 rings (SSSR count).